The van der Waals surface area contributed by atoms with Crippen LogP contribution >= 0.6 is 22.6 Å². The molecule has 0 aliphatic heterocycles. The average molecular weight is 288 g/mol. The second-order valence-corrected chi connectivity index (χ2v) is 4.03. The maximum atomic E-state index is 11.2. The molecule has 1 rings (SSSR count). The fraction of sp³-hybridized carbons (Fsp3) is 0.200. The van der Waals surface area contributed by atoms with Crippen LogP contribution in [0.1, 0.15) is 33.2 Å². The van der Waals surface area contributed by atoms with E-state index in [0.717, 1.165) is 15.4 Å². The van der Waals surface area contributed by atoms with Gasteiger partial charge in [0.15, 0.2) is 5.78 Å². The first-order chi connectivity index (χ1) is 6.06. The van der Waals surface area contributed by atoms with E-state index >= 15 is 0 Å². The third kappa shape index (κ3) is 2.15. The van der Waals surface area contributed by atoms with Gasteiger partial charge in [-0.1, -0.05) is 0 Å². The Kier molecular flexibility index (Phi) is 3.19. The van der Waals surface area contributed by atoms with Crippen molar-refractivity contribution in [3.8, 4) is 0 Å². The Balaban J connectivity index is 3.39. The third-order valence-corrected chi connectivity index (χ3v) is 2.65. The van der Waals surface area contributed by atoms with Crippen molar-refractivity contribution in [2.24, 2.45) is 0 Å². The molecular formula is C10H9IO2. The molecule has 0 aliphatic rings. The van der Waals surface area contributed by atoms with Gasteiger partial charge in [0, 0.05) is 14.7 Å². The monoisotopic (exact) mass is 288 g/mol. The Morgan fingerprint density at radius 2 is 2.08 bits per heavy atom. The van der Waals surface area contributed by atoms with Gasteiger partial charge in [0.05, 0.1) is 0 Å². The first-order valence-corrected chi connectivity index (χ1v) is 4.90. The summed E-state index contributed by atoms with van der Waals surface area (Å²) in [6.45, 7) is 3.37. The van der Waals surface area contributed by atoms with E-state index in [0.29, 0.717) is 11.1 Å². The molecule has 0 bridgehead atoms. The van der Waals surface area contributed by atoms with E-state index in [1.807, 2.05) is 6.92 Å². The second kappa shape index (κ2) is 4.00. The maximum absolute atomic E-state index is 11.2. The van der Waals surface area contributed by atoms with E-state index in [2.05, 4.69) is 22.6 Å². The Bertz CT molecular complexity index is 346. The summed E-state index contributed by atoms with van der Waals surface area (Å²) in [7, 11) is 0. The van der Waals surface area contributed by atoms with Crippen molar-refractivity contribution in [3.05, 3.63) is 32.4 Å². The smallest absolute Gasteiger partial charge is 0.161 e. The van der Waals surface area contributed by atoms with Crippen LogP contribution in [0.4, 0.5) is 0 Å². The van der Waals surface area contributed by atoms with E-state index in [1.54, 1.807) is 12.1 Å². The predicted octanol–water partition coefficient (Wildman–Crippen LogP) is 2.61. The van der Waals surface area contributed by atoms with E-state index in [1.165, 1.54) is 6.92 Å². The Hall–Kier alpha value is -0.710. The summed E-state index contributed by atoms with van der Waals surface area (Å²) in [5.74, 6) is 0.0411. The van der Waals surface area contributed by atoms with Gasteiger partial charge in [0.25, 0.3) is 0 Å². The lowest BCUT2D eigenvalue weighted by molar-refractivity contribution is 0.101. The molecule has 1 aromatic rings. The molecule has 3 heteroatoms. The highest BCUT2D eigenvalue weighted by Crippen LogP contribution is 2.18. The van der Waals surface area contributed by atoms with Gasteiger partial charge in [-0.05, 0) is 54.1 Å². The van der Waals surface area contributed by atoms with Crippen molar-refractivity contribution >= 4 is 34.7 Å². The molecule has 0 radical (unpaired) electrons. The fourth-order valence-corrected chi connectivity index (χ4v) is 2.45. The molecule has 0 spiro atoms. The van der Waals surface area contributed by atoms with Crippen LogP contribution < -0.4 is 0 Å². The quantitative estimate of drug-likeness (QED) is 0.476. The lowest BCUT2D eigenvalue weighted by Gasteiger charge is -2.05. The van der Waals surface area contributed by atoms with Gasteiger partial charge in [-0.25, -0.2) is 0 Å². The van der Waals surface area contributed by atoms with Crippen LogP contribution in [0.5, 0.6) is 0 Å². The molecule has 2 nitrogen and oxygen atoms in total. The first-order valence-electron chi connectivity index (χ1n) is 3.82. The molecule has 0 amide bonds. The number of halogens is 1. The zero-order chi connectivity index (χ0) is 10.0. The van der Waals surface area contributed by atoms with Gasteiger partial charge in [-0.3, -0.25) is 9.59 Å². The number of aldehydes is 1. The minimum atomic E-state index is 0.0411. The molecule has 0 saturated heterocycles. The summed E-state index contributed by atoms with van der Waals surface area (Å²) >= 11 is 2.07. The topological polar surface area (TPSA) is 34.1 Å². The molecule has 13 heavy (non-hydrogen) atoms. The highest BCUT2D eigenvalue weighted by atomic mass is 127. The van der Waals surface area contributed by atoms with E-state index in [4.69, 9.17) is 0 Å². The minimum Gasteiger partial charge on any atom is -0.298 e. The van der Waals surface area contributed by atoms with Crippen LogP contribution in [-0.2, 0) is 0 Å². The van der Waals surface area contributed by atoms with Crippen LogP contribution in [-0.4, -0.2) is 12.1 Å². The van der Waals surface area contributed by atoms with Crippen LogP contribution in [0, 0.1) is 10.5 Å². The number of hydrogen-bond acceptors (Lipinski definition) is 2. The SMILES string of the molecule is CC(=O)c1c(C)cc(C=O)cc1I. The van der Waals surface area contributed by atoms with E-state index in [9.17, 15) is 9.59 Å². The molecule has 0 aliphatic carbocycles. The van der Waals surface area contributed by atoms with E-state index in [-0.39, 0.29) is 5.78 Å². The predicted molar refractivity (Wildman–Crippen MR) is 59.3 cm³/mol. The van der Waals surface area contributed by atoms with Gasteiger partial charge >= 0.3 is 0 Å². The van der Waals surface area contributed by atoms with Crippen molar-refractivity contribution in [3.63, 3.8) is 0 Å². The number of benzene rings is 1. The Morgan fingerprint density at radius 3 is 2.46 bits per heavy atom. The van der Waals surface area contributed by atoms with Crippen LogP contribution in [0.25, 0.3) is 0 Å². The van der Waals surface area contributed by atoms with Gasteiger partial charge in [0.1, 0.15) is 6.29 Å². The van der Waals surface area contributed by atoms with Crippen LogP contribution in [0.3, 0.4) is 0 Å². The lowest BCUT2D eigenvalue weighted by Crippen LogP contribution is -2.01. The molecule has 0 unspecified atom stereocenters. The summed E-state index contributed by atoms with van der Waals surface area (Å²) in [6, 6.07) is 3.45. The van der Waals surface area contributed by atoms with Gasteiger partial charge in [-0.15, -0.1) is 0 Å². The number of rotatable bonds is 2. The number of aryl methyl sites for hydroxylation is 1. The number of Topliss-reactive ketones (excluding diaryl/α,β-unsaturated/α-hetero) is 1. The lowest BCUT2D eigenvalue weighted by atomic mass is 10.0. The highest BCUT2D eigenvalue weighted by molar-refractivity contribution is 14.1. The third-order valence-electron chi connectivity index (χ3n) is 1.80. The average Bonchev–Trinajstić information content (AvgIpc) is 2.02. The van der Waals surface area contributed by atoms with Crippen LogP contribution in [0.15, 0.2) is 12.1 Å². The molecule has 0 heterocycles. The molecule has 0 saturated carbocycles. The molecule has 68 valence electrons. The van der Waals surface area contributed by atoms with Crippen molar-refractivity contribution in [1.82, 2.24) is 0 Å². The summed E-state index contributed by atoms with van der Waals surface area (Å²) in [4.78, 5) is 21.7. The standard InChI is InChI=1S/C10H9IO2/c1-6-3-8(5-12)4-9(11)10(6)7(2)13/h3-5H,1-2H3. The summed E-state index contributed by atoms with van der Waals surface area (Å²) in [5, 5.41) is 0. The molecular weight excluding hydrogens is 279 g/mol. The molecule has 0 N–H and O–H groups in total. The van der Waals surface area contributed by atoms with Crippen molar-refractivity contribution in [1.29, 1.82) is 0 Å². The number of carbonyl (C=O) groups excluding carboxylic acids is 2. The normalized spacial score (nSPS) is 9.77. The number of carbonyl (C=O) groups is 2. The van der Waals surface area contributed by atoms with Gasteiger partial charge in [0.2, 0.25) is 0 Å². The zero-order valence-electron chi connectivity index (χ0n) is 7.43. The van der Waals surface area contributed by atoms with Gasteiger partial charge < -0.3 is 0 Å². The van der Waals surface area contributed by atoms with Crippen molar-refractivity contribution < 1.29 is 9.59 Å². The Morgan fingerprint density at radius 1 is 1.46 bits per heavy atom. The number of hydrogen-bond donors (Lipinski definition) is 0. The zero-order valence-corrected chi connectivity index (χ0v) is 9.58. The molecule has 1 aromatic carbocycles. The fourth-order valence-electron chi connectivity index (χ4n) is 1.28. The highest BCUT2D eigenvalue weighted by Gasteiger charge is 2.09. The summed E-state index contributed by atoms with van der Waals surface area (Å²) in [6.07, 6.45) is 0.791. The summed E-state index contributed by atoms with van der Waals surface area (Å²) < 4.78 is 0.840. The van der Waals surface area contributed by atoms with Crippen molar-refractivity contribution in [2.75, 3.05) is 0 Å². The maximum Gasteiger partial charge on any atom is 0.161 e. The van der Waals surface area contributed by atoms with E-state index < -0.39 is 0 Å². The van der Waals surface area contributed by atoms with Crippen LogP contribution in [0.2, 0.25) is 0 Å². The molecule has 0 aromatic heterocycles. The summed E-state index contributed by atoms with van der Waals surface area (Å²) in [5.41, 5.74) is 2.19. The second-order valence-electron chi connectivity index (χ2n) is 2.87. The largest absolute Gasteiger partial charge is 0.298 e. The van der Waals surface area contributed by atoms with Gasteiger partial charge in [-0.2, -0.15) is 0 Å². The molecule has 0 atom stereocenters. The number of ketones is 1. The Labute approximate surface area is 90.5 Å². The molecule has 0 fully saturated rings. The minimum absolute atomic E-state index is 0.0411. The first kappa shape index (κ1) is 10.4. The van der Waals surface area contributed by atoms with Crippen molar-refractivity contribution in [2.45, 2.75) is 13.8 Å².